The summed E-state index contributed by atoms with van der Waals surface area (Å²) in [5.41, 5.74) is 1.51. The van der Waals surface area contributed by atoms with E-state index in [9.17, 15) is 0 Å². The van der Waals surface area contributed by atoms with Gasteiger partial charge < -0.3 is 9.84 Å². The van der Waals surface area contributed by atoms with Crippen LogP contribution in [0.15, 0.2) is 10.6 Å². The first kappa shape index (κ1) is 14.5. The minimum Gasteiger partial charge on any atom is -0.360 e. The van der Waals surface area contributed by atoms with Gasteiger partial charge in [0.05, 0.1) is 12.2 Å². The van der Waals surface area contributed by atoms with Crippen LogP contribution in [0.5, 0.6) is 0 Å². The molecule has 0 amide bonds. The maximum absolute atomic E-state index is 5.39. The van der Waals surface area contributed by atoms with Gasteiger partial charge in [0.25, 0.3) is 0 Å². The second-order valence-corrected chi connectivity index (χ2v) is 6.63. The van der Waals surface area contributed by atoms with E-state index in [-0.39, 0.29) is 0 Å². The standard InChI is InChI=1S/C15H27N3O/c1-15(2)7-5-13(6-8-15)18(4)11-14-9-12(10-16-3)17-19-14/h9,13,16H,5-8,10-11H2,1-4H3. The first-order valence-corrected chi connectivity index (χ1v) is 7.29. The van der Waals surface area contributed by atoms with Crippen LogP contribution < -0.4 is 5.32 Å². The van der Waals surface area contributed by atoms with E-state index in [0.29, 0.717) is 11.5 Å². The minimum atomic E-state index is 0.531. The molecule has 0 aromatic carbocycles. The maximum Gasteiger partial charge on any atom is 0.151 e. The van der Waals surface area contributed by atoms with Crippen LogP contribution in [0.1, 0.15) is 51.0 Å². The third-order valence-electron chi connectivity index (χ3n) is 4.30. The highest BCUT2D eigenvalue weighted by molar-refractivity contribution is 5.05. The molecule has 0 aliphatic heterocycles. The molecule has 108 valence electrons. The number of nitrogens with one attached hydrogen (secondary N) is 1. The predicted molar refractivity (Wildman–Crippen MR) is 76.8 cm³/mol. The number of hydrogen-bond acceptors (Lipinski definition) is 4. The lowest BCUT2D eigenvalue weighted by atomic mass is 9.75. The van der Waals surface area contributed by atoms with E-state index in [4.69, 9.17) is 4.52 Å². The maximum atomic E-state index is 5.39. The molecule has 1 aliphatic carbocycles. The van der Waals surface area contributed by atoms with Gasteiger partial charge in [0, 0.05) is 18.7 Å². The van der Waals surface area contributed by atoms with Crippen molar-refractivity contribution in [3.05, 3.63) is 17.5 Å². The van der Waals surface area contributed by atoms with Crippen molar-refractivity contribution < 1.29 is 4.52 Å². The van der Waals surface area contributed by atoms with E-state index in [1.165, 1.54) is 25.7 Å². The van der Waals surface area contributed by atoms with Gasteiger partial charge in [0.1, 0.15) is 0 Å². The Morgan fingerprint density at radius 3 is 2.74 bits per heavy atom. The average Bonchev–Trinajstić information content (AvgIpc) is 2.77. The Bertz CT molecular complexity index is 390. The average molecular weight is 265 g/mol. The van der Waals surface area contributed by atoms with Gasteiger partial charge in [-0.1, -0.05) is 19.0 Å². The molecule has 1 saturated carbocycles. The smallest absolute Gasteiger partial charge is 0.151 e. The topological polar surface area (TPSA) is 41.3 Å². The van der Waals surface area contributed by atoms with Crippen molar-refractivity contribution in [2.45, 2.75) is 58.7 Å². The Morgan fingerprint density at radius 1 is 1.42 bits per heavy atom. The molecule has 0 atom stereocenters. The van der Waals surface area contributed by atoms with Gasteiger partial charge >= 0.3 is 0 Å². The second-order valence-electron chi connectivity index (χ2n) is 6.63. The Balaban J connectivity index is 1.85. The molecule has 1 heterocycles. The van der Waals surface area contributed by atoms with Crippen LogP contribution in [-0.2, 0) is 13.1 Å². The zero-order chi connectivity index (χ0) is 13.9. The monoisotopic (exact) mass is 265 g/mol. The first-order chi connectivity index (χ1) is 9.00. The molecule has 1 N–H and O–H groups in total. The van der Waals surface area contributed by atoms with E-state index in [1.807, 2.05) is 7.05 Å². The van der Waals surface area contributed by atoms with Crippen LogP contribution >= 0.6 is 0 Å². The van der Waals surface area contributed by atoms with Crippen molar-refractivity contribution in [2.24, 2.45) is 5.41 Å². The molecule has 1 aliphatic rings. The van der Waals surface area contributed by atoms with Crippen molar-refractivity contribution >= 4 is 0 Å². The van der Waals surface area contributed by atoms with Crippen LogP contribution in [0, 0.1) is 5.41 Å². The molecule has 0 spiro atoms. The summed E-state index contributed by atoms with van der Waals surface area (Å²) in [7, 11) is 4.12. The fraction of sp³-hybridized carbons (Fsp3) is 0.800. The quantitative estimate of drug-likeness (QED) is 0.889. The van der Waals surface area contributed by atoms with E-state index in [0.717, 1.165) is 24.5 Å². The van der Waals surface area contributed by atoms with Crippen LogP contribution in [0.2, 0.25) is 0 Å². The van der Waals surface area contributed by atoms with Crippen molar-refractivity contribution in [1.29, 1.82) is 0 Å². The Labute approximate surface area is 116 Å². The lowest BCUT2D eigenvalue weighted by molar-refractivity contribution is 0.115. The fourth-order valence-electron chi connectivity index (χ4n) is 2.89. The zero-order valence-electron chi connectivity index (χ0n) is 12.7. The summed E-state index contributed by atoms with van der Waals surface area (Å²) >= 11 is 0. The highest BCUT2D eigenvalue weighted by Gasteiger charge is 2.29. The van der Waals surface area contributed by atoms with Crippen molar-refractivity contribution in [3.8, 4) is 0 Å². The summed E-state index contributed by atoms with van der Waals surface area (Å²) in [4.78, 5) is 2.42. The highest BCUT2D eigenvalue weighted by atomic mass is 16.5. The van der Waals surface area contributed by atoms with Gasteiger partial charge in [0.15, 0.2) is 5.76 Å². The summed E-state index contributed by atoms with van der Waals surface area (Å²) in [6.07, 6.45) is 5.23. The lowest BCUT2D eigenvalue weighted by Gasteiger charge is -2.38. The van der Waals surface area contributed by atoms with Gasteiger partial charge in [-0.05, 0) is 45.2 Å². The number of rotatable bonds is 5. The number of hydrogen-bond donors (Lipinski definition) is 1. The summed E-state index contributed by atoms with van der Waals surface area (Å²) < 4.78 is 5.39. The molecular formula is C15H27N3O. The second kappa shape index (κ2) is 6.06. The SMILES string of the molecule is CNCc1cc(CN(C)C2CCC(C)(C)CC2)on1. The molecule has 2 rings (SSSR count). The van der Waals surface area contributed by atoms with Gasteiger partial charge in [-0.25, -0.2) is 0 Å². The molecule has 1 aromatic heterocycles. The molecule has 1 aromatic rings. The molecule has 4 nitrogen and oxygen atoms in total. The Morgan fingerprint density at radius 2 is 2.11 bits per heavy atom. The Hall–Kier alpha value is -0.870. The first-order valence-electron chi connectivity index (χ1n) is 7.29. The van der Waals surface area contributed by atoms with Crippen LogP contribution in [0.4, 0.5) is 0 Å². The predicted octanol–water partition coefficient (Wildman–Crippen LogP) is 2.79. The molecule has 4 heteroatoms. The summed E-state index contributed by atoms with van der Waals surface area (Å²) in [6, 6.07) is 2.74. The Kier molecular flexibility index (Phi) is 4.63. The van der Waals surface area contributed by atoms with Gasteiger partial charge in [-0.3, -0.25) is 4.90 Å². The highest BCUT2D eigenvalue weighted by Crippen LogP contribution is 2.36. The van der Waals surface area contributed by atoms with Gasteiger partial charge in [-0.2, -0.15) is 0 Å². The molecular weight excluding hydrogens is 238 g/mol. The summed E-state index contributed by atoms with van der Waals surface area (Å²) in [5, 5.41) is 7.15. The van der Waals surface area contributed by atoms with Crippen molar-refractivity contribution in [2.75, 3.05) is 14.1 Å². The molecule has 1 fully saturated rings. The summed E-state index contributed by atoms with van der Waals surface area (Å²) in [6.45, 7) is 6.39. The van der Waals surface area contributed by atoms with Crippen molar-refractivity contribution in [3.63, 3.8) is 0 Å². The van der Waals surface area contributed by atoms with Crippen molar-refractivity contribution in [1.82, 2.24) is 15.4 Å². The minimum absolute atomic E-state index is 0.531. The fourth-order valence-corrected chi connectivity index (χ4v) is 2.89. The van der Waals surface area contributed by atoms with E-state index < -0.39 is 0 Å². The zero-order valence-corrected chi connectivity index (χ0v) is 12.7. The third-order valence-corrected chi connectivity index (χ3v) is 4.30. The summed E-state index contributed by atoms with van der Waals surface area (Å²) in [5.74, 6) is 0.970. The van der Waals surface area contributed by atoms with Gasteiger partial charge in [0.2, 0.25) is 0 Å². The van der Waals surface area contributed by atoms with E-state index in [2.05, 4.69) is 42.3 Å². The van der Waals surface area contributed by atoms with E-state index >= 15 is 0 Å². The normalized spacial score (nSPS) is 20.1. The van der Waals surface area contributed by atoms with Crippen LogP contribution in [0.3, 0.4) is 0 Å². The molecule has 19 heavy (non-hydrogen) atoms. The van der Waals surface area contributed by atoms with Crippen LogP contribution in [-0.4, -0.2) is 30.2 Å². The number of nitrogens with zero attached hydrogens (tertiary/aromatic N) is 2. The van der Waals surface area contributed by atoms with Crippen LogP contribution in [0.25, 0.3) is 0 Å². The molecule has 0 saturated heterocycles. The molecule has 0 bridgehead atoms. The largest absolute Gasteiger partial charge is 0.360 e. The molecule has 0 radical (unpaired) electrons. The number of aromatic nitrogens is 1. The lowest BCUT2D eigenvalue weighted by Crippen LogP contribution is -2.36. The third kappa shape index (κ3) is 4.05. The van der Waals surface area contributed by atoms with E-state index in [1.54, 1.807) is 0 Å². The molecule has 0 unspecified atom stereocenters. The van der Waals surface area contributed by atoms with Gasteiger partial charge in [-0.15, -0.1) is 0 Å².